The maximum Gasteiger partial charge on any atom is 0.309 e. The molecule has 0 spiro atoms. The Kier molecular flexibility index (Phi) is 4.00. The minimum absolute atomic E-state index is 0.171. The van der Waals surface area contributed by atoms with Crippen molar-refractivity contribution in [2.45, 2.75) is 6.42 Å². The average Bonchev–Trinajstić information content (AvgIpc) is 2.26. The molecule has 0 aliphatic carbocycles. The molecule has 80 valence electrons. The first-order chi connectivity index (χ1) is 7.15. The lowest BCUT2D eigenvalue weighted by molar-refractivity contribution is -0.142. The van der Waals surface area contributed by atoms with E-state index in [4.69, 9.17) is 10.2 Å². The fourth-order valence-corrected chi connectivity index (χ4v) is 1.20. The quantitative estimate of drug-likeness (QED) is 0.706. The largest absolute Gasteiger partial charge is 0.481 e. The van der Waals surface area contributed by atoms with E-state index in [0.717, 1.165) is 0 Å². The molecule has 2 N–H and O–H groups in total. The number of rotatable bonds is 5. The minimum Gasteiger partial charge on any atom is -0.481 e. The van der Waals surface area contributed by atoms with Gasteiger partial charge in [0.1, 0.15) is 0 Å². The van der Waals surface area contributed by atoms with Gasteiger partial charge in [-0.3, -0.25) is 9.59 Å². The summed E-state index contributed by atoms with van der Waals surface area (Å²) in [6.07, 6.45) is -0.171. The Bertz CT molecular complexity index is 345. The number of Topliss-reactive ketones (excluding diaryl/α,β-unsaturated/α-hetero) is 1. The molecule has 0 radical (unpaired) electrons. The predicted octanol–water partition coefficient (Wildman–Crippen LogP) is 0.953. The Morgan fingerprint density at radius 3 is 2.27 bits per heavy atom. The second-order valence-corrected chi connectivity index (χ2v) is 3.21. The van der Waals surface area contributed by atoms with Crippen molar-refractivity contribution in [2.24, 2.45) is 5.92 Å². The highest BCUT2D eigenvalue weighted by atomic mass is 16.4. The fourth-order valence-electron chi connectivity index (χ4n) is 1.20. The van der Waals surface area contributed by atoms with Crippen LogP contribution in [0.5, 0.6) is 0 Å². The smallest absolute Gasteiger partial charge is 0.309 e. The third kappa shape index (κ3) is 3.18. The fraction of sp³-hybridized carbons (Fsp3) is 0.273. The lowest BCUT2D eigenvalue weighted by Gasteiger charge is -2.07. The normalized spacial score (nSPS) is 12.1. The summed E-state index contributed by atoms with van der Waals surface area (Å²) in [6, 6.07) is 8.44. The number of benzene rings is 1. The third-order valence-corrected chi connectivity index (χ3v) is 2.10. The summed E-state index contributed by atoms with van der Waals surface area (Å²) in [7, 11) is 0. The Labute approximate surface area is 87.2 Å². The van der Waals surface area contributed by atoms with E-state index in [1.807, 2.05) is 0 Å². The summed E-state index contributed by atoms with van der Waals surface area (Å²) in [6.45, 7) is -0.520. The summed E-state index contributed by atoms with van der Waals surface area (Å²) >= 11 is 0. The summed E-state index contributed by atoms with van der Waals surface area (Å²) in [5.74, 6) is -2.43. The van der Waals surface area contributed by atoms with E-state index in [2.05, 4.69) is 0 Å². The molecule has 4 nitrogen and oxygen atoms in total. The van der Waals surface area contributed by atoms with Crippen LogP contribution in [-0.4, -0.2) is 28.6 Å². The number of carboxylic acid groups (broad SMARTS) is 1. The molecule has 0 aliphatic rings. The summed E-state index contributed by atoms with van der Waals surface area (Å²) in [5.41, 5.74) is 0.470. The van der Waals surface area contributed by atoms with Crippen LogP contribution in [0.4, 0.5) is 0 Å². The monoisotopic (exact) mass is 208 g/mol. The van der Waals surface area contributed by atoms with Crippen LogP contribution in [0, 0.1) is 5.92 Å². The molecule has 0 aromatic heterocycles. The number of carboxylic acids is 1. The molecule has 0 aliphatic heterocycles. The van der Waals surface area contributed by atoms with E-state index < -0.39 is 18.5 Å². The van der Waals surface area contributed by atoms with E-state index in [1.54, 1.807) is 30.3 Å². The van der Waals surface area contributed by atoms with Gasteiger partial charge in [0.2, 0.25) is 0 Å². The zero-order chi connectivity index (χ0) is 11.3. The van der Waals surface area contributed by atoms with E-state index >= 15 is 0 Å². The van der Waals surface area contributed by atoms with Crippen LogP contribution in [-0.2, 0) is 4.79 Å². The maximum absolute atomic E-state index is 11.5. The minimum atomic E-state index is -1.15. The first-order valence-electron chi connectivity index (χ1n) is 4.57. The van der Waals surface area contributed by atoms with Crippen LogP contribution < -0.4 is 0 Å². The zero-order valence-corrected chi connectivity index (χ0v) is 8.09. The molecule has 0 bridgehead atoms. The van der Waals surface area contributed by atoms with Gasteiger partial charge < -0.3 is 10.2 Å². The number of aliphatic hydroxyl groups is 1. The molecular weight excluding hydrogens is 196 g/mol. The molecule has 0 amide bonds. The molecule has 1 aromatic rings. The number of aliphatic carboxylic acids is 1. The molecule has 1 atom stereocenters. The van der Waals surface area contributed by atoms with Crippen LogP contribution in [0.25, 0.3) is 0 Å². The van der Waals surface area contributed by atoms with Gasteiger partial charge in [-0.05, 0) is 0 Å². The molecule has 15 heavy (non-hydrogen) atoms. The van der Waals surface area contributed by atoms with Crippen molar-refractivity contribution in [3.05, 3.63) is 35.9 Å². The summed E-state index contributed by atoms with van der Waals surface area (Å²) in [5, 5.41) is 17.4. The van der Waals surface area contributed by atoms with Crippen LogP contribution in [0.2, 0.25) is 0 Å². The number of carbonyl (C=O) groups excluding carboxylic acids is 1. The van der Waals surface area contributed by atoms with Gasteiger partial charge in [-0.1, -0.05) is 30.3 Å². The number of ketones is 1. The van der Waals surface area contributed by atoms with Crippen molar-refractivity contribution in [3.63, 3.8) is 0 Å². The number of carbonyl (C=O) groups is 2. The lowest BCUT2D eigenvalue weighted by Crippen LogP contribution is -2.21. The first-order valence-corrected chi connectivity index (χ1v) is 4.57. The molecule has 1 aromatic carbocycles. The molecule has 1 unspecified atom stereocenters. The van der Waals surface area contributed by atoms with Gasteiger partial charge in [0, 0.05) is 12.0 Å². The second kappa shape index (κ2) is 5.26. The Balaban J connectivity index is 2.67. The van der Waals surface area contributed by atoms with Crippen molar-refractivity contribution < 1.29 is 19.8 Å². The molecular formula is C11H12O4. The topological polar surface area (TPSA) is 74.6 Å². The molecule has 0 saturated heterocycles. The number of aliphatic hydroxyl groups excluding tert-OH is 1. The Morgan fingerprint density at radius 1 is 1.20 bits per heavy atom. The van der Waals surface area contributed by atoms with Crippen molar-refractivity contribution in [2.75, 3.05) is 6.61 Å². The van der Waals surface area contributed by atoms with Crippen molar-refractivity contribution >= 4 is 11.8 Å². The summed E-state index contributed by atoms with van der Waals surface area (Å²) < 4.78 is 0. The van der Waals surface area contributed by atoms with Gasteiger partial charge in [0.25, 0.3) is 0 Å². The van der Waals surface area contributed by atoms with E-state index in [0.29, 0.717) is 5.56 Å². The van der Waals surface area contributed by atoms with Crippen LogP contribution >= 0.6 is 0 Å². The SMILES string of the molecule is O=C(CC(CO)C(=O)O)c1ccccc1. The zero-order valence-electron chi connectivity index (χ0n) is 8.09. The first kappa shape index (κ1) is 11.4. The highest BCUT2D eigenvalue weighted by Crippen LogP contribution is 2.09. The molecule has 0 saturated carbocycles. The highest BCUT2D eigenvalue weighted by Gasteiger charge is 2.20. The van der Waals surface area contributed by atoms with E-state index in [1.165, 1.54) is 0 Å². The molecule has 0 heterocycles. The van der Waals surface area contributed by atoms with Gasteiger partial charge in [-0.2, -0.15) is 0 Å². The number of hydrogen-bond donors (Lipinski definition) is 2. The van der Waals surface area contributed by atoms with Gasteiger partial charge in [-0.25, -0.2) is 0 Å². The van der Waals surface area contributed by atoms with Gasteiger partial charge in [0.15, 0.2) is 5.78 Å². The van der Waals surface area contributed by atoms with Crippen LogP contribution in [0.3, 0.4) is 0 Å². The van der Waals surface area contributed by atoms with Crippen LogP contribution in [0.15, 0.2) is 30.3 Å². The molecule has 4 heteroatoms. The Hall–Kier alpha value is -1.68. The maximum atomic E-state index is 11.5. The Morgan fingerprint density at radius 2 is 1.80 bits per heavy atom. The van der Waals surface area contributed by atoms with Gasteiger partial charge >= 0.3 is 5.97 Å². The predicted molar refractivity (Wildman–Crippen MR) is 53.6 cm³/mol. The highest BCUT2D eigenvalue weighted by molar-refractivity contribution is 5.97. The summed E-state index contributed by atoms with van der Waals surface area (Å²) in [4.78, 5) is 22.1. The van der Waals surface area contributed by atoms with E-state index in [-0.39, 0.29) is 12.2 Å². The van der Waals surface area contributed by atoms with Gasteiger partial charge in [-0.15, -0.1) is 0 Å². The van der Waals surface area contributed by atoms with Crippen molar-refractivity contribution in [1.82, 2.24) is 0 Å². The van der Waals surface area contributed by atoms with Crippen molar-refractivity contribution in [3.8, 4) is 0 Å². The number of hydrogen-bond acceptors (Lipinski definition) is 3. The third-order valence-electron chi connectivity index (χ3n) is 2.10. The second-order valence-electron chi connectivity index (χ2n) is 3.21. The molecule has 0 fully saturated rings. The van der Waals surface area contributed by atoms with E-state index in [9.17, 15) is 9.59 Å². The van der Waals surface area contributed by atoms with Gasteiger partial charge in [0.05, 0.1) is 12.5 Å². The van der Waals surface area contributed by atoms with Crippen LogP contribution in [0.1, 0.15) is 16.8 Å². The lowest BCUT2D eigenvalue weighted by atomic mass is 9.99. The van der Waals surface area contributed by atoms with Crippen molar-refractivity contribution in [1.29, 1.82) is 0 Å². The molecule has 1 rings (SSSR count). The standard InChI is InChI=1S/C11H12O4/c12-7-9(11(14)15)6-10(13)8-4-2-1-3-5-8/h1-5,9,12H,6-7H2,(H,14,15). The average molecular weight is 208 g/mol.